The lowest BCUT2D eigenvalue weighted by molar-refractivity contribution is -0.109. The number of halogens is 2. The van der Waals surface area contributed by atoms with E-state index < -0.39 is 12.3 Å². The predicted molar refractivity (Wildman–Crippen MR) is 127 cm³/mol. The van der Waals surface area contributed by atoms with E-state index in [0.29, 0.717) is 22.3 Å². The van der Waals surface area contributed by atoms with E-state index in [1.165, 1.54) is 0 Å². The molecular weight excluding hydrogens is 447 g/mol. The summed E-state index contributed by atoms with van der Waals surface area (Å²) in [5, 5.41) is 20.5. The molecular formula is C24H22Cl2N4O2. The minimum Gasteiger partial charge on any atom is -0.384 e. The van der Waals surface area contributed by atoms with Crippen molar-refractivity contribution in [3.63, 3.8) is 0 Å². The van der Waals surface area contributed by atoms with Crippen LogP contribution in [-0.2, 0) is 17.6 Å². The molecule has 4 rings (SSSR count). The Morgan fingerprint density at radius 1 is 1.09 bits per heavy atom. The number of carbonyl (C=O) groups is 1. The van der Waals surface area contributed by atoms with Gasteiger partial charge < -0.3 is 5.11 Å². The van der Waals surface area contributed by atoms with E-state index in [9.17, 15) is 9.90 Å². The van der Waals surface area contributed by atoms with Gasteiger partial charge in [0.15, 0.2) is 12.5 Å². The monoisotopic (exact) mass is 468 g/mol. The maximum Gasteiger partial charge on any atom is 0.159 e. The number of rotatable bonds is 7. The van der Waals surface area contributed by atoms with E-state index in [1.54, 1.807) is 29.6 Å². The fourth-order valence-corrected chi connectivity index (χ4v) is 3.94. The van der Waals surface area contributed by atoms with Gasteiger partial charge in [-0.2, -0.15) is 5.10 Å². The molecule has 2 unspecified atom stereocenters. The highest BCUT2D eigenvalue weighted by atomic mass is 35.5. The van der Waals surface area contributed by atoms with Crippen LogP contribution < -0.4 is 10.3 Å². The number of hydrogen-bond donors (Lipinski definition) is 2. The quantitative estimate of drug-likeness (QED) is 0.401. The maximum atomic E-state index is 11.3. The van der Waals surface area contributed by atoms with E-state index in [-0.39, 0.29) is 0 Å². The zero-order valence-corrected chi connectivity index (χ0v) is 18.7. The second-order valence-electron chi connectivity index (χ2n) is 7.47. The highest BCUT2D eigenvalue weighted by molar-refractivity contribution is 6.31. The largest absolute Gasteiger partial charge is 0.384 e. The lowest BCUT2D eigenvalue weighted by atomic mass is 9.99. The molecule has 1 aromatic heterocycles. The normalized spacial score (nSPS) is 16.7. The molecule has 2 aromatic carbocycles. The van der Waals surface area contributed by atoms with Gasteiger partial charge in [-0.15, -0.1) is 0 Å². The summed E-state index contributed by atoms with van der Waals surface area (Å²) in [7, 11) is 0. The van der Waals surface area contributed by atoms with Gasteiger partial charge in [-0.3, -0.25) is 10.1 Å². The number of hydrazone groups is 1. The molecule has 0 aliphatic carbocycles. The summed E-state index contributed by atoms with van der Waals surface area (Å²) >= 11 is 12.3. The van der Waals surface area contributed by atoms with E-state index in [4.69, 9.17) is 23.2 Å². The van der Waals surface area contributed by atoms with Crippen LogP contribution in [0.25, 0.3) is 0 Å². The molecule has 6 nitrogen and oxygen atoms in total. The third kappa shape index (κ3) is 5.16. The summed E-state index contributed by atoms with van der Waals surface area (Å²) in [5.74, 6) is 0. The minimum absolute atomic E-state index is 0.395. The Kier molecular flexibility index (Phi) is 7.17. The SMILES string of the molecule is O=CC1NCC=NN1c1ccc(CCc2ccc(C(O)c3ccc(Cl)nc3)cc2)c(Cl)c1. The standard InChI is InChI=1S/C24H22Cl2N4O2/c25-21-13-20(30-23(15-31)27-11-12-29-30)9-7-17(21)4-1-16-2-5-18(6-3-16)24(32)19-8-10-22(26)28-14-19/h2-3,5-10,12-15,23-24,27,32H,1,4,11H2. The highest BCUT2D eigenvalue weighted by Gasteiger charge is 2.20. The first-order valence-corrected chi connectivity index (χ1v) is 11.0. The smallest absolute Gasteiger partial charge is 0.159 e. The molecule has 164 valence electrons. The zero-order valence-electron chi connectivity index (χ0n) is 17.2. The predicted octanol–water partition coefficient (Wildman–Crippen LogP) is 4.18. The number of aliphatic hydroxyl groups excluding tert-OH is 1. The van der Waals surface area contributed by atoms with E-state index >= 15 is 0 Å². The van der Waals surface area contributed by atoms with Gasteiger partial charge in [0.2, 0.25) is 0 Å². The molecule has 3 aromatic rings. The van der Waals surface area contributed by atoms with Crippen LogP contribution >= 0.6 is 23.2 Å². The average Bonchev–Trinajstić information content (AvgIpc) is 2.83. The van der Waals surface area contributed by atoms with Crippen molar-refractivity contribution in [3.05, 3.63) is 93.2 Å². The molecule has 0 amide bonds. The Balaban J connectivity index is 1.40. The molecule has 0 bridgehead atoms. The molecule has 32 heavy (non-hydrogen) atoms. The van der Waals surface area contributed by atoms with Crippen LogP contribution in [0, 0.1) is 0 Å². The number of nitrogens with one attached hydrogen (secondary N) is 1. The number of carbonyl (C=O) groups excluding carboxylic acids is 1. The van der Waals surface area contributed by atoms with E-state index in [1.807, 2.05) is 42.5 Å². The van der Waals surface area contributed by atoms with Gasteiger partial charge in [0.1, 0.15) is 11.3 Å². The third-order valence-electron chi connectivity index (χ3n) is 5.36. The second-order valence-corrected chi connectivity index (χ2v) is 8.26. The molecule has 0 saturated heterocycles. The van der Waals surface area contributed by atoms with Crippen LogP contribution in [0.5, 0.6) is 0 Å². The fraction of sp³-hybridized carbons (Fsp3) is 0.208. The Morgan fingerprint density at radius 3 is 2.56 bits per heavy atom. The molecule has 0 fully saturated rings. The van der Waals surface area contributed by atoms with Crippen molar-refractivity contribution in [3.8, 4) is 0 Å². The summed E-state index contributed by atoms with van der Waals surface area (Å²) in [4.78, 5) is 15.3. The van der Waals surface area contributed by atoms with Crippen molar-refractivity contribution in [2.24, 2.45) is 5.10 Å². The number of aryl methyl sites for hydroxylation is 2. The Hall–Kier alpha value is -2.77. The first kappa shape index (κ1) is 22.4. The van der Waals surface area contributed by atoms with Crippen LogP contribution in [-0.4, -0.2) is 35.3 Å². The Morgan fingerprint density at radius 2 is 1.88 bits per heavy atom. The summed E-state index contributed by atoms with van der Waals surface area (Å²) < 4.78 is 0. The number of nitrogens with zero attached hydrogens (tertiary/aromatic N) is 3. The molecule has 2 N–H and O–H groups in total. The van der Waals surface area contributed by atoms with Crippen molar-refractivity contribution < 1.29 is 9.90 Å². The van der Waals surface area contributed by atoms with Crippen LogP contribution in [0.1, 0.15) is 28.4 Å². The van der Waals surface area contributed by atoms with E-state index in [0.717, 1.165) is 41.5 Å². The maximum absolute atomic E-state index is 11.3. The van der Waals surface area contributed by atoms with Gasteiger partial charge in [-0.05, 0) is 47.7 Å². The van der Waals surface area contributed by atoms with Gasteiger partial charge >= 0.3 is 0 Å². The number of hydrogen-bond acceptors (Lipinski definition) is 6. The van der Waals surface area contributed by atoms with Gasteiger partial charge in [-0.1, -0.05) is 59.6 Å². The van der Waals surface area contributed by atoms with Crippen molar-refractivity contribution in [1.29, 1.82) is 0 Å². The summed E-state index contributed by atoms with van der Waals surface area (Å²) in [6.07, 6.45) is 4.43. The van der Waals surface area contributed by atoms with Crippen LogP contribution in [0.2, 0.25) is 10.2 Å². The molecule has 0 spiro atoms. The van der Waals surface area contributed by atoms with Gasteiger partial charge in [-0.25, -0.2) is 9.99 Å². The van der Waals surface area contributed by atoms with Crippen LogP contribution in [0.15, 0.2) is 65.9 Å². The number of benzene rings is 2. The number of aromatic nitrogens is 1. The topological polar surface area (TPSA) is 77.8 Å². The van der Waals surface area contributed by atoms with Crippen LogP contribution in [0.3, 0.4) is 0 Å². The number of anilines is 1. The first-order chi connectivity index (χ1) is 15.5. The molecule has 0 saturated carbocycles. The molecule has 1 aliphatic rings. The molecule has 0 radical (unpaired) electrons. The van der Waals surface area contributed by atoms with Gasteiger partial charge in [0.25, 0.3) is 0 Å². The minimum atomic E-state index is -0.752. The average molecular weight is 469 g/mol. The van der Waals surface area contributed by atoms with Crippen molar-refractivity contribution in [1.82, 2.24) is 10.3 Å². The number of aldehydes is 1. The van der Waals surface area contributed by atoms with Crippen molar-refractivity contribution in [2.75, 3.05) is 11.6 Å². The molecule has 8 heteroatoms. The molecule has 2 heterocycles. The van der Waals surface area contributed by atoms with Crippen LogP contribution in [0.4, 0.5) is 5.69 Å². The molecule has 1 aliphatic heterocycles. The Bertz CT molecular complexity index is 1100. The molecule has 2 atom stereocenters. The summed E-state index contributed by atoms with van der Waals surface area (Å²) in [6, 6.07) is 17.0. The first-order valence-electron chi connectivity index (χ1n) is 10.2. The number of aliphatic hydroxyl groups is 1. The lowest BCUT2D eigenvalue weighted by Gasteiger charge is -2.29. The van der Waals surface area contributed by atoms with Crippen molar-refractivity contribution >= 4 is 41.4 Å². The van der Waals surface area contributed by atoms with Gasteiger partial charge in [0, 0.05) is 29.5 Å². The fourth-order valence-electron chi connectivity index (χ4n) is 3.56. The summed E-state index contributed by atoms with van der Waals surface area (Å²) in [6.45, 7) is 0.554. The third-order valence-corrected chi connectivity index (χ3v) is 5.94. The lowest BCUT2D eigenvalue weighted by Crippen LogP contribution is -2.48. The summed E-state index contributed by atoms with van der Waals surface area (Å²) in [5.41, 5.74) is 4.40. The van der Waals surface area contributed by atoms with Crippen molar-refractivity contribution in [2.45, 2.75) is 25.1 Å². The van der Waals surface area contributed by atoms with Gasteiger partial charge in [0.05, 0.1) is 5.69 Å². The Labute approximate surface area is 196 Å². The van der Waals surface area contributed by atoms with E-state index in [2.05, 4.69) is 15.4 Å². The second kappa shape index (κ2) is 10.2. The zero-order chi connectivity index (χ0) is 22.5. The highest BCUT2D eigenvalue weighted by Crippen LogP contribution is 2.27. The number of pyridine rings is 1.